The van der Waals surface area contributed by atoms with E-state index in [1.807, 2.05) is 13.1 Å². The van der Waals surface area contributed by atoms with Crippen molar-refractivity contribution in [1.29, 1.82) is 0 Å². The molecule has 0 saturated carbocycles. The molecule has 0 spiro atoms. The van der Waals surface area contributed by atoms with Crippen molar-refractivity contribution in [2.24, 2.45) is 7.05 Å². The Kier molecular flexibility index (Phi) is 3.27. The molecule has 0 fully saturated rings. The highest BCUT2D eigenvalue weighted by Gasteiger charge is 2.10. The number of hydrogen-bond acceptors (Lipinski definition) is 3. The van der Waals surface area contributed by atoms with Gasteiger partial charge in [-0.05, 0) is 18.2 Å². The van der Waals surface area contributed by atoms with E-state index < -0.39 is 11.5 Å². The summed E-state index contributed by atoms with van der Waals surface area (Å²) >= 11 is 0. The molecule has 2 aromatic heterocycles. The molecule has 0 saturated heterocycles. The summed E-state index contributed by atoms with van der Waals surface area (Å²) < 4.78 is 3.13. The molecule has 2 heterocycles. The Hall–Kier alpha value is -2.37. The quantitative estimate of drug-likeness (QED) is 0.854. The van der Waals surface area contributed by atoms with Crippen molar-refractivity contribution in [3.05, 3.63) is 52.2 Å². The van der Waals surface area contributed by atoms with Crippen LogP contribution in [-0.4, -0.2) is 25.4 Å². The number of carbonyl (C=O) groups is 1. The highest BCUT2D eigenvalue weighted by molar-refractivity contribution is 5.86. The van der Waals surface area contributed by atoms with E-state index in [0.29, 0.717) is 13.0 Å². The average Bonchev–Trinajstić information content (AvgIpc) is 2.73. The minimum absolute atomic E-state index is 0.206. The molecular formula is C12H13N3O3. The largest absolute Gasteiger partial charge is 0.477 e. The number of pyridine rings is 1. The van der Waals surface area contributed by atoms with Gasteiger partial charge in [0.2, 0.25) is 0 Å². The lowest BCUT2D eigenvalue weighted by atomic mass is 10.2. The highest BCUT2D eigenvalue weighted by Crippen LogP contribution is 2.00. The maximum absolute atomic E-state index is 11.8. The van der Waals surface area contributed by atoms with Crippen LogP contribution in [0, 0.1) is 0 Å². The molecule has 0 aliphatic rings. The first-order valence-corrected chi connectivity index (χ1v) is 5.49. The smallest absolute Gasteiger partial charge is 0.341 e. The zero-order chi connectivity index (χ0) is 13.1. The maximum atomic E-state index is 11.8. The van der Waals surface area contributed by atoms with Crippen LogP contribution in [0.15, 0.2) is 35.4 Å². The van der Waals surface area contributed by atoms with Crippen LogP contribution in [0.1, 0.15) is 16.1 Å². The Labute approximate surface area is 103 Å². The molecule has 0 unspecified atom stereocenters. The third kappa shape index (κ3) is 2.32. The summed E-state index contributed by atoms with van der Waals surface area (Å²) in [5.41, 5.74) is 0.303. The van der Waals surface area contributed by atoms with Crippen molar-refractivity contribution in [2.45, 2.75) is 13.0 Å². The molecule has 1 N–H and O–H groups in total. The second-order valence-corrected chi connectivity index (χ2v) is 3.92. The molecule has 18 heavy (non-hydrogen) atoms. The highest BCUT2D eigenvalue weighted by atomic mass is 16.4. The molecule has 94 valence electrons. The molecule has 0 amide bonds. The zero-order valence-electron chi connectivity index (χ0n) is 9.91. The first-order chi connectivity index (χ1) is 8.59. The van der Waals surface area contributed by atoms with Gasteiger partial charge in [-0.2, -0.15) is 5.10 Å². The Morgan fingerprint density at radius 1 is 1.44 bits per heavy atom. The topological polar surface area (TPSA) is 77.1 Å². The monoisotopic (exact) mass is 247 g/mol. The summed E-state index contributed by atoms with van der Waals surface area (Å²) in [4.78, 5) is 22.6. The van der Waals surface area contributed by atoms with Gasteiger partial charge in [-0.3, -0.25) is 9.48 Å². The Bertz CT molecular complexity index is 627. The molecule has 0 atom stereocenters. The number of aromatic carboxylic acids is 1. The lowest BCUT2D eigenvalue weighted by molar-refractivity contribution is 0.0694. The van der Waals surface area contributed by atoms with Crippen LogP contribution in [0.5, 0.6) is 0 Å². The van der Waals surface area contributed by atoms with Crippen LogP contribution < -0.4 is 5.56 Å². The molecule has 6 heteroatoms. The van der Waals surface area contributed by atoms with Gasteiger partial charge in [0.25, 0.3) is 5.56 Å². The van der Waals surface area contributed by atoms with Crippen molar-refractivity contribution in [3.8, 4) is 0 Å². The number of carboxylic acid groups (broad SMARTS) is 1. The number of hydrogen-bond donors (Lipinski definition) is 1. The molecule has 0 bridgehead atoms. The summed E-state index contributed by atoms with van der Waals surface area (Å²) in [5, 5.41) is 12.9. The predicted molar refractivity (Wildman–Crippen MR) is 64.6 cm³/mol. The van der Waals surface area contributed by atoms with Gasteiger partial charge >= 0.3 is 5.97 Å². The van der Waals surface area contributed by atoms with E-state index in [2.05, 4.69) is 5.10 Å². The molecule has 2 rings (SSSR count). The molecular weight excluding hydrogens is 234 g/mol. The second kappa shape index (κ2) is 4.87. The van der Waals surface area contributed by atoms with Crippen molar-refractivity contribution in [3.63, 3.8) is 0 Å². The van der Waals surface area contributed by atoms with E-state index in [4.69, 9.17) is 5.11 Å². The standard InChI is InChI=1S/C12H13N3O3/c1-14-9(4-6-13-14)5-8-15-7-2-3-10(11(15)16)12(17)18/h2-4,6-7H,5,8H2,1H3,(H,17,18). The lowest BCUT2D eigenvalue weighted by Crippen LogP contribution is -2.26. The van der Waals surface area contributed by atoms with E-state index >= 15 is 0 Å². The number of nitrogens with zero attached hydrogens (tertiary/aromatic N) is 3. The fourth-order valence-corrected chi connectivity index (χ4v) is 1.76. The van der Waals surface area contributed by atoms with E-state index in [9.17, 15) is 9.59 Å². The molecule has 2 aromatic rings. The van der Waals surface area contributed by atoms with E-state index in [0.717, 1.165) is 5.69 Å². The van der Waals surface area contributed by atoms with Gasteiger partial charge in [0.05, 0.1) is 0 Å². The van der Waals surface area contributed by atoms with Crippen LogP contribution in [0.3, 0.4) is 0 Å². The van der Waals surface area contributed by atoms with Gasteiger partial charge in [0, 0.05) is 38.1 Å². The lowest BCUT2D eigenvalue weighted by Gasteiger charge is -2.06. The minimum atomic E-state index is -1.20. The van der Waals surface area contributed by atoms with Gasteiger partial charge < -0.3 is 9.67 Å². The van der Waals surface area contributed by atoms with E-state index in [1.54, 1.807) is 23.1 Å². The molecule has 0 aromatic carbocycles. The van der Waals surface area contributed by atoms with Crippen molar-refractivity contribution < 1.29 is 9.90 Å². The molecule has 0 aliphatic heterocycles. The Morgan fingerprint density at radius 2 is 2.22 bits per heavy atom. The fourth-order valence-electron chi connectivity index (χ4n) is 1.76. The first kappa shape index (κ1) is 12.1. The van der Waals surface area contributed by atoms with Crippen LogP contribution >= 0.6 is 0 Å². The number of aryl methyl sites for hydroxylation is 3. The normalized spacial score (nSPS) is 10.5. The Morgan fingerprint density at radius 3 is 2.83 bits per heavy atom. The SMILES string of the molecule is Cn1nccc1CCn1cccc(C(=O)O)c1=O. The summed E-state index contributed by atoms with van der Waals surface area (Å²) in [6, 6.07) is 4.74. The fraction of sp³-hybridized carbons (Fsp3) is 0.250. The van der Waals surface area contributed by atoms with E-state index in [1.165, 1.54) is 10.6 Å². The molecule has 0 aliphatic carbocycles. The zero-order valence-corrected chi connectivity index (χ0v) is 9.91. The van der Waals surface area contributed by atoms with Gasteiger partial charge in [-0.15, -0.1) is 0 Å². The van der Waals surface area contributed by atoms with Crippen LogP contribution in [0.2, 0.25) is 0 Å². The van der Waals surface area contributed by atoms with Gasteiger partial charge in [0.1, 0.15) is 5.56 Å². The van der Waals surface area contributed by atoms with Crippen LogP contribution in [-0.2, 0) is 20.0 Å². The van der Waals surface area contributed by atoms with Gasteiger partial charge in [-0.25, -0.2) is 4.79 Å². The van der Waals surface area contributed by atoms with Crippen LogP contribution in [0.4, 0.5) is 0 Å². The molecule has 0 radical (unpaired) electrons. The number of aromatic nitrogens is 3. The number of carboxylic acids is 1. The third-order valence-electron chi connectivity index (χ3n) is 2.78. The number of rotatable bonds is 4. The summed E-state index contributed by atoms with van der Waals surface area (Å²) in [6.07, 6.45) is 3.90. The predicted octanol–water partition coefficient (Wildman–Crippen LogP) is 0.523. The maximum Gasteiger partial charge on any atom is 0.341 e. The van der Waals surface area contributed by atoms with Gasteiger partial charge in [0.15, 0.2) is 0 Å². The summed E-state index contributed by atoms with van der Waals surface area (Å²) in [6.45, 7) is 0.430. The van der Waals surface area contributed by atoms with Crippen LogP contribution in [0.25, 0.3) is 0 Å². The second-order valence-electron chi connectivity index (χ2n) is 3.92. The average molecular weight is 247 g/mol. The third-order valence-corrected chi connectivity index (χ3v) is 2.78. The first-order valence-electron chi connectivity index (χ1n) is 5.49. The van der Waals surface area contributed by atoms with Crippen molar-refractivity contribution in [2.75, 3.05) is 0 Å². The van der Waals surface area contributed by atoms with Crippen molar-refractivity contribution >= 4 is 5.97 Å². The Balaban J connectivity index is 2.20. The van der Waals surface area contributed by atoms with E-state index in [-0.39, 0.29) is 5.56 Å². The minimum Gasteiger partial charge on any atom is -0.477 e. The molecule has 6 nitrogen and oxygen atoms in total. The van der Waals surface area contributed by atoms with Gasteiger partial charge in [-0.1, -0.05) is 0 Å². The summed E-state index contributed by atoms with van der Waals surface area (Å²) in [5.74, 6) is -1.20. The van der Waals surface area contributed by atoms with Crippen molar-refractivity contribution in [1.82, 2.24) is 14.3 Å². The summed E-state index contributed by atoms with van der Waals surface area (Å²) in [7, 11) is 1.83.